The number of nitrogens with one attached hydrogen (secondary N) is 2. The highest BCUT2D eigenvalue weighted by Crippen LogP contribution is 2.12. The zero-order valence-corrected chi connectivity index (χ0v) is 15.2. The first kappa shape index (κ1) is 19.8. The van der Waals surface area contributed by atoms with E-state index in [4.69, 9.17) is 11.2 Å². The maximum absolute atomic E-state index is 11.8. The molecule has 1 atom stereocenters. The Hall–Kier alpha value is -1.25. The number of rotatable bonds is 7. The normalized spacial score (nSPS) is 18.2. The molecule has 1 rings (SSSR count). The first-order valence-corrected chi connectivity index (χ1v) is 8.72. The maximum Gasteiger partial charge on any atom is 0.407 e. The van der Waals surface area contributed by atoms with Crippen LogP contribution < -0.4 is 10.6 Å². The molecule has 1 unspecified atom stereocenters. The minimum absolute atomic E-state index is 0.289. The third-order valence-corrected chi connectivity index (χ3v) is 3.90. The van der Waals surface area contributed by atoms with E-state index in [0.717, 1.165) is 45.3 Å². The van der Waals surface area contributed by atoms with Gasteiger partial charge in [0.1, 0.15) is 5.60 Å². The van der Waals surface area contributed by atoms with Gasteiger partial charge in [0.15, 0.2) is 0 Å². The van der Waals surface area contributed by atoms with Crippen molar-refractivity contribution in [1.82, 2.24) is 15.5 Å². The third kappa shape index (κ3) is 8.83. The van der Waals surface area contributed by atoms with Crippen LogP contribution in [0.4, 0.5) is 4.79 Å². The van der Waals surface area contributed by atoms with Gasteiger partial charge in [-0.15, -0.1) is 6.42 Å². The van der Waals surface area contributed by atoms with Gasteiger partial charge in [0.25, 0.3) is 0 Å². The van der Waals surface area contributed by atoms with Crippen molar-refractivity contribution in [2.75, 3.05) is 26.2 Å². The predicted octanol–water partition coefficient (Wildman–Crippen LogP) is 2.37. The molecule has 132 valence electrons. The second kappa shape index (κ2) is 9.79. The SMILES string of the molecule is C#CCN1CCC(NC(CCC)CNC(=O)OC(C)(C)C)CC1. The van der Waals surface area contributed by atoms with E-state index in [1.807, 2.05) is 20.8 Å². The number of piperidine rings is 1. The minimum atomic E-state index is -0.457. The Bertz CT molecular complexity index is 390. The molecule has 1 heterocycles. The van der Waals surface area contributed by atoms with Crippen molar-refractivity contribution in [2.45, 2.75) is 71.1 Å². The number of terminal acetylenes is 1. The van der Waals surface area contributed by atoms with Crippen molar-refractivity contribution >= 4 is 6.09 Å². The van der Waals surface area contributed by atoms with Crippen LogP contribution in [0.3, 0.4) is 0 Å². The van der Waals surface area contributed by atoms with Gasteiger partial charge in [-0.3, -0.25) is 4.90 Å². The first-order chi connectivity index (χ1) is 10.8. The molecule has 1 fully saturated rings. The number of amides is 1. The number of alkyl carbamates (subject to hydrolysis) is 1. The molecule has 5 heteroatoms. The predicted molar refractivity (Wildman–Crippen MR) is 94.4 cm³/mol. The molecule has 23 heavy (non-hydrogen) atoms. The summed E-state index contributed by atoms with van der Waals surface area (Å²) < 4.78 is 5.29. The second-order valence-electron chi connectivity index (χ2n) is 7.29. The summed E-state index contributed by atoms with van der Waals surface area (Å²) in [6.45, 7) is 11.2. The lowest BCUT2D eigenvalue weighted by molar-refractivity contribution is 0.0520. The summed E-state index contributed by atoms with van der Waals surface area (Å²) in [5, 5.41) is 6.57. The number of hydrogen-bond donors (Lipinski definition) is 2. The van der Waals surface area contributed by atoms with E-state index in [1.54, 1.807) is 0 Å². The molecule has 0 aromatic carbocycles. The molecule has 1 aliphatic rings. The monoisotopic (exact) mass is 323 g/mol. The van der Waals surface area contributed by atoms with Crippen molar-refractivity contribution in [2.24, 2.45) is 0 Å². The van der Waals surface area contributed by atoms with Gasteiger partial charge in [0, 0.05) is 31.7 Å². The van der Waals surface area contributed by atoms with Crippen LogP contribution in [-0.4, -0.2) is 54.9 Å². The van der Waals surface area contributed by atoms with Gasteiger partial charge in [-0.25, -0.2) is 4.79 Å². The van der Waals surface area contributed by atoms with Crippen LogP contribution in [0.25, 0.3) is 0 Å². The van der Waals surface area contributed by atoms with Gasteiger partial charge in [0.05, 0.1) is 6.54 Å². The maximum atomic E-state index is 11.8. The molecule has 5 nitrogen and oxygen atoms in total. The molecule has 2 N–H and O–H groups in total. The highest BCUT2D eigenvalue weighted by molar-refractivity contribution is 5.67. The first-order valence-electron chi connectivity index (χ1n) is 8.72. The van der Waals surface area contributed by atoms with E-state index in [9.17, 15) is 4.79 Å². The number of likely N-dealkylation sites (tertiary alicyclic amines) is 1. The van der Waals surface area contributed by atoms with Gasteiger partial charge in [-0.1, -0.05) is 19.3 Å². The smallest absolute Gasteiger partial charge is 0.407 e. The summed E-state index contributed by atoms with van der Waals surface area (Å²) in [6, 6.07) is 0.790. The number of hydrogen-bond acceptors (Lipinski definition) is 4. The number of carbonyl (C=O) groups excluding carboxylic acids is 1. The lowest BCUT2D eigenvalue weighted by Crippen LogP contribution is -2.50. The minimum Gasteiger partial charge on any atom is -0.444 e. The van der Waals surface area contributed by atoms with Crippen molar-refractivity contribution < 1.29 is 9.53 Å². The molecular formula is C18H33N3O2. The number of ether oxygens (including phenoxy) is 1. The average molecular weight is 323 g/mol. The molecule has 0 spiro atoms. The Morgan fingerprint density at radius 1 is 1.39 bits per heavy atom. The molecular weight excluding hydrogens is 290 g/mol. The quantitative estimate of drug-likeness (QED) is 0.706. The topological polar surface area (TPSA) is 53.6 Å². The van der Waals surface area contributed by atoms with Crippen LogP contribution in [0.2, 0.25) is 0 Å². The highest BCUT2D eigenvalue weighted by atomic mass is 16.6. The lowest BCUT2D eigenvalue weighted by atomic mass is 10.0. The van der Waals surface area contributed by atoms with Gasteiger partial charge in [-0.2, -0.15) is 0 Å². The van der Waals surface area contributed by atoms with Gasteiger partial charge >= 0.3 is 6.09 Å². The third-order valence-electron chi connectivity index (χ3n) is 3.90. The van der Waals surface area contributed by atoms with Crippen LogP contribution in [0, 0.1) is 12.3 Å². The Kier molecular flexibility index (Phi) is 8.43. The number of nitrogens with zero attached hydrogens (tertiary/aromatic N) is 1. The number of carbonyl (C=O) groups is 1. The van der Waals surface area contributed by atoms with Crippen LogP contribution in [0.15, 0.2) is 0 Å². The summed E-state index contributed by atoms with van der Waals surface area (Å²) in [7, 11) is 0. The van der Waals surface area contributed by atoms with E-state index >= 15 is 0 Å². The van der Waals surface area contributed by atoms with Gasteiger partial charge in [0.2, 0.25) is 0 Å². The van der Waals surface area contributed by atoms with Crippen LogP contribution in [0.5, 0.6) is 0 Å². The second-order valence-corrected chi connectivity index (χ2v) is 7.29. The zero-order chi connectivity index (χ0) is 17.3. The van der Waals surface area contributed by atoms with Crippen molar-refractivity contribution in [3.63, 3.8) is 0 Å². The van der Waals surface area contributed by atoms with E-state index in [-0.39, 0.29) is 12.1 Å². The largest absolute Gasteiger partial charge is 0.444 e. The Balaban J connectivity index is 2.35. The molecule has 0 aliphatic carbocycles. The van der Waals surface area contributed by atoms with Crippen LogP contribution in [-0.2, 0) is 4.74 Å². The Morgan fingerprint density at radius 2 is 2.04 bits per heavy atom. The summed E-state index contributed by atoms with van der Waals surface area (Å²) >= 11 is 0. The van der Waals surface area contributed by atoms with Crippen molar-refractivity contribution in [3.05, 3.63) is 0 Å². The summed E-state index contributed by atoms with van der Waals surface area (Å²) in [5.41, 5.74) is -0.457. The highest BCUT2D eigenvalue weighted by Gasteiger charge is 2.22. The molecule has 0 saturated carbocycles. The lowest BCUT2D eigenvalue weighted by Gasteiger charge is -2.34. The molecule has 0 aromatic heterocycles. The average Bonchev–Trinajstić information content (AvgIpc) is 2.45. The summed E-state index contributed by atoms with van der Waals surface area (Å²) in [4.78, 5) is 14.1. The molecule has 0 aromatic rings. The molecule has 1 saturated heterocycles. The molecule has 0 radical (unpaired) electrons. The fourth-order valence-electron chi connectivity index (χ4n) is 2.83. The van der Waals surface area contributed by atoms with Crippen molar-refractivity contribution in [3.8, 4) is 12.3 Å². The van der Waals surface area contributed by atoms with Gasteiger partial charge < -0.3 is 15.4 Å². The molecule has 0 bridgehead atoms. The van der Waals surface area contributed by atoms with E-state index in [1.165, 1.54) is 0 Å². The van der Waals surface area contributed by atoms with Gasteiger partial charge in [-0.05, 0) is 40.0 Å². The van der Waals surface area contributed by atoms with E-state index < -0.39 is 5.60 Å². The standard InChI is InChI=1S/C18H33N3O2/c1-6-8-16(14-19-17(22)23-18(3,4)5)20-15-9-12-21(11-7-2)13-10-15/h2,15-16,20H,6,8-14H2,1,3-5H3,(H,19,22). The molecule has 1 amide bonds. The molecule has 1 aliphatic heterocycles. The van der Waals surface area contributed by atoms with E-state index in [0.29, 0.717) is 12.6 Å². The van der Waals surface area contributed by atoms with Crippen LogP contribution >= 0.6 is 0 Å². The zero-order valence-electron chi connectivity index (χ0n) is 15.2. The fraction of sp³-hybridized carbons (Fsp3) is 0.833. The van der Waals surface area contributed by atoms with Crippen molar-refractivity contribution in [1.29, 1.82) is 0 Å². The Morgan fingerprint density at radius 3 is 2.57 bits per heavy atom. The summed E-state index contributed by atoms with van der Waals surface area (Å²) in [6.07, 6.45) is 9.36. The van der Waals surface area contributed by atoms with Crippen LogP contribution in [0.1, 0.15) is 53.4 Å². The van der Waals surface area contributed by atoms with E-state index in [2.05, 4.69) is 28.4 Å². The summed E-state index contributed by atoms with van der Waals surface area (Å²) in [5.74, 6) is 2.71. The Labute approximate surface area is 141 Å². The fourth-order valence-corrected chi connectivity index (χ4v) is 2.83.